The first-order chi connectivity index (χ1) is 7.05. The molecule has 15 heavy (non-hydrogen) atoms. The zero-order valence-corrected chi connectivity index (χ0v) is 9.87. The van der Waals surface area contributed by atoms with Crippen LogP contribution in [0.4, 0.5) is 0 Å². The standard InChI is InChI=1S/C11H11BrO3/c1-11(10(13)14)5-6-15-8-4-2-3-7(12)9(8)11/h2-4H,5-6H2,1H3,(H,13,14). The van der Waals surface area contributed by atoms with Gasteiger partial charge >= 0.3 is 5.97 Å². The van der Waals surface area contributed by atoms with Gasteiger partial charge in [-0.05, 0) is 19.1 Å². The van der Waals surface area contributed by atoms with Gasteiger partial charge in [0.15, 0.2) is 0 Å². The van der Waals surface area contributed by atoms with Crippen molar-refractivity contribution in [1.29, 1.82) is 0 Å². The van der Waals surface area contributed by atoms with Crippen molar-refractivity contribution >= 4 is 21.9 Å². The second-order valence-electron chi connectivity index (χ2n) is 3.85. The van der Waals surface area contributed by atoms with Gasteiger partial charge in [0, 0.05) is 16.5 Å². The molecule has 0 saturated heterocycles. The molecule has 0 fully saturated rings. The number of ether oxygens (including phenoxy) is 1. The molecule has 4 heteroatoms. The van der Waals surface area contributed by atoms with Gasteiger partial charge in [0.2, 0.25) is 0 Å². The van der Waals surface area contributed by atoms with Gasteiger partial charge in [-0.15, -0.1) is 0 Å². The highest BCUT2D eigenvalue weighted by Gasteiger charge is 2.41. The lowest BCUT2D eigenvalue weighted by Crippen LogP contribution is -2.38. The summed E-state index contributed by atoms with van der Waals surface area (Å²) in [5, 5.41) is 9.29. The number of benzene rings is 1. The number of carboxylic acids is 1. The first kappa shape index (κ1) is 10.5. The number of aliphatic carboxylic acids is 1. The molecule has 0 saturated carbocycles. The Morgan fingerprint density at radius 3 is 3.00 bits per heavy atom. The number of hydrogen-bond donors (Lipinski definition) is 1. The summed E-state index contributed by atoms with van der Waals surface area (Å²) in [5.74, 6) is -0.139. The molecule has 1 aliphatic rings. The molecule has 1 unspecified atom stereocenters. The van der Waals surface area contributed by atoms with E-state index in [0.29, 0.717) is 18.8 Å². The van der Waals surface area contributed by atoms with Gasteiger partial charge in [-0.3, -0.25) is 4.79 Å². The number of carboxylic acid groups (broad SMARTS) is 1. The van der Waals surface area contributed by atoms with Crippen LogP contribution in [0.1, 0.15) is 18.9 Å². The third kappa shape index (κ3) is 1.53. The van der Waals surface area contributed by atoms with Crippen molar-refractivity contribution in [2.24, 2.45) is 0 Å². The van der Waals surface area contributed by atoms with Crippen molar-refractivity contribution in [1.82, 2.24) is 0 Å². The molecule has 1 atom stereocenters. The Bertz CT molecular complexity index is 416. The van der Waals surface area contributed by atoms with Crippen LogP contribution in [0.25, 0.3) is 0 Å². The van der Waals surface area contributed by atoms with Crippen molar-refractivity contribution in [2.45, 2.75) is 18.8 Å². The summed E-state index contributed by atoms with van der Waals surface area (Å²) in [5.41, 5.74) is -0.114. The smallest absolute Gasteiger partial charge is 0.314 e. The Morgan fingerprint density at radius 2 is 2.33 bits per heavy atom. The molecule has 0 amide bonds. The van der Waals surface area contributed by atoms with E-state index in [1.54, 1.807) is 13.0 Å². The predicted molar refractivity (Wildman–Crippen MR) is 59.2 cm³/mol. The molecule has 1 heterocycles. The van der Waals surface area contributed by atoms with Crippen LogP contribution in [0.3, 0.4) is 0 Å². The Hall–Kier alpha value is -1.03. The van der Waals surface area contributed by atoms with Crippen molar-refractivity contribution in [3.63, 3.8) is 0 Å². The van der Waals surface area contributed by atoms with Crippen molar-refractivity contribution < 1.29 is 14.6 Å². The van der Waals surface area contributed by atoms with E-state index in [4.69, 9.17) is 4.74 Å². The second-order valence-corrected chi connectivity index (χ2v) is 4.70. The molecule has 0 aromatic heterocycles. The topological polar surface area (TPSA) is 46.5 Å². The van der Waals surface area contributed by atoms with Gasteiger partial charge in [0.1, 0.15) is 5.75 Å². The first-order valence-electron chi connectivity index (χ1n) is 4.71. The average Bonchev–Trinajstić information content (AvgIpc) is 2.17. The van der Waals surface area contributed by atoms with Gasteiger partial charge in [0.05, 0.1) is 12.0 Å². The van der Waals surface area contributed by atoms with E-state index in [1.807, 2.05) is 12.1 Å². The predicted octanol–water partition coefficient (Wildman–Crippen LogP) is 2.57. The molecule has 0 aliphatic carbocycles. The second kappa shape index (κ2) is 3.52. The fourth-order valence-corrected chi connectivity index (χ4v) is 2.65. The van der Waals surface area contributed by atoms with Gasteiger partial charge in [-0.25, -0.2) is 0 Å². The highest BCUT2D eigenvalue weighted by molar-refractivity contribution is 9.10. The molecule has 1 N–H and O–H groups in total. The molecule has 0 radical (unpaired) electrons. The minimum absolute atomic E-state index is 0.451. The summed E-state index contributed by atoms with van der Waals surface area (Å²) in [6.45, 7) is 2.19. The van der Waals surface area contributed by atoms with E-state index >= 15 is 0 Å². The normalized spacial score (nSPS) is 24.1. The third-order valence-corrected chi connectivity index (χ3v) is 3.52. The number of fused-ring (bicyclic) bond motifs is 1. The van der Waals surface area contributed by atoms with E-state index in [0.717, 1.165) is 10.0 Å². The van der Waals surface area contributed by atoms with Crippen LogP contribution in [0, 0.1) is 0 Å². The SMILES string of the molecule is CC1(C(=O)O)CCOc2cccc(Br)c21. The van der Waals surface area contributed by atoms with E-state index in [-0.39, 0.29) is 0 Å². The molecular weight excluding hydrogens is 260 g/mol. The fourth-order valence-electron chi connectivity index (χ4n) is 1.86. The monoisotopic (exact) mass is 270 g/mol. The lowest BCUT2D eigenvalue weighted by atomic mass is 9.78. The first-order valence-corrected chi connectivity index (χ1v) is 5.50. The Labute approximate surface area is 96.2 Å². The summed E-state index contributed by atoms with van der Waals surface area (Å²) in [4.78, 5) is 11.3. The minimum Gasteiger partial charge on any atom is -0.493 e. The Morgan fingerprint density at radius 1 is 1.60 bits per heavy atom. The maximum Gasteiger partial charge on any atom is 0.314 e. The van der Waals surface area contributed by atoms with Crippen molar-refractivity contribution in [3.05, 3.63) is 28.2 Å². The highest BCUT2D eigenvalue weighted by atomic mass is 79.9. The van der Waals surface area contributed by atoms with E-state index < -0.39 is 11.4 Å². The summed E-state index contributed by atoms with van der Waals surface area (Å²) in [6.07, 6.45) is 0.498. The molecule has 0 spiro atoms. The minimum atomic E-state index is -0.853. The van der Waals surface area contributed by atoms with Crippen LogP contribution in [0.2, 0.25) is 0 Å². The number of rotatable bonds is 1. The molecule has 2 rings (SSSR count). The molecule has 1 aromatic rings. The third-order valence-electron chi connectivity index (χ3n) is 2.86. The Kier molecular flexibility index (Phi) is 2.46. The average molecular weight is 271 g/mol. The van der Waals surface area contributed by atoms with Gasteiger partial charge < -0.3 is 9.84 Å². The summed E-state index contributed by atoms with van der Waals surface area (Å²) >= 11 is 3.38. The number of carbonyl (C=O) groups is 1. The van der Waals surface area contributed by atoms with Crippen LogP contribution in [0.15, 0.2) is 22.7 Å². The molecular formula is C11H11BrO3. The molecule has 0 bridgehead atoms. The van der Waals surface area contributed by atoms with E-state index in [1.165, 1.54) is 0 Å². The zero-order chi connectivity index (χ0) is 11.1. The van der Waals surface area contributed by atoms with Crippen LogP contribution in [-0.2, 0) is 10.2 Å². The summed E-state index contributed by atoms with van der Waals surface area (Å²) < 4.78 is 6.25. The maximum atomic E-state index is 11.3. The largest absolute Gasteiger partial charge is 0.493 e. The number of hydrogen-bond acceptors (Lipinski definition) is 2. The molecule has 3 nitrogen and oxygen atoms in total. The van der Waals surface area contributed by atoms with Gasteiger partial charge in [0.25, 0.3) is 0 Å². The van der Waals surface area contributed by atoms with Crippen molar-refractivity contribution in [2.75, 3.05) is 6.61 Å². The molecule has 1 aliphatic heterocycles. The Balaban J connectivity index is 2.64. The lowest BCUT2D eigenvalue weighted by molar-refractivity contribution is -0.144. The maximum absolute atomic E-state index is 11.3. The van der Waals surface area contributed by atoms with E-state index in [9.17, 15) is 9.90 Å². The van der Waals surface area contributed by atoms with Crippen LogP contribution < -0.4 is 4.74 Å². The van der Waals surface area contributed by atoms with Crippen LogP contribution in [-0.4, -0.2) is 17.7 Å². The molecule has 1 aromatic carbocycles. The summed E-state index contributed by atoms with van der Waals surface area (Å²) in [6, 6.07) is 5.49. The number of halogens is 1. The fraction of sp³-hybridized carbons (Fsp3) is 0.364. The lowest BCUT2D eigenvalue weighted by Gasteiger charge is -2.32. The summed E-state index contributed by atoms with van der Waals surface area (Å²) in [7, 11) is 0. The van der Waals surface area contributed by atoms with Gasteiger partial charge in [-0.1, -0.05) is 22.0 Å². The van der Waals surface area contributed by atoms with Crippen LogP contribution in [0.5, 0.6) is 5.75 Å². The van der Waals surface area contributed by atoms with Gasteiger partial charge in [-0.2, -0.15) is 0 Å². The zero-order valence-electron chi connectivity index (χ0n) is 8.29. The van der Waals surface area contributed by atoms with Crippen molar-refractivity contribution in [3.8, 4) is 5.75 Å². The highest BCUT2D eigenvalue weighted by Crippen LogP contribution is 2.42. The quantitative estimate of drug-likeness (QED) is 0.853. The van der Waals surface area contributed by atoms with Crippen LogP contribution >= 0.6 is 15.9 Å². The molecule has 80 valence electrons. The van der Waals surface area contributed by atoms with E-state index in [2.05, 4.69) is 15.9 Å².